The standard InChI is InChI=1S/C20H21N3O3S/c1-14-4-2-5-16(12-14)25-10-7-18-21-19(26-22-18)17-6-3-9-23(17)20(24)15-8-11-27-13-15/h2,4-5,8,11-13,17H,3,6-7,9-10H2,1H3. The monoisotopic (exact) mass is 383 g/mol. The molecule has 0 spiro atoms. The predicted molar refractivity (Wildman–Crippen MR) is 102 cm³/mol. The molecule has 1 fully saturated rings. The van der Waals surface area contributed by atoms with Gasteiger partial charge < -0.3 is 14.2 Å². The minimum Gasteiger partial charge on any atom is -0.493 e. The van der Waals surface area contributed by atoms with E-state index in [-0.39, 0.29) is 11.9 Å². The highest BCUT2D eigenvalue weighted by atomic mass is 32.1. The fourth-order valence-corrected chi connectivity index (χ4v) is 3.92. The van der Waals surface area contributed by atoms with Gasteiger partial charge in [0.05, 0.1) is 12.2 Å². The average Bonchev–Trinajstić information content (AvgIpc) is 3.42. The molecule has 140 valence electrons. The lowest BCUT2D eigenvalue weighted by molar-refractivity contribution is 0.0710. The third-order valence-corrected chi connectivity index (χ3v) is 5.32. The summed E-state index contributed by atoms with van der Waals surface area (Å²) in [4.78, 5) is 19.0. The third-order valence-electron chi connectivity index (χ3n) is 4.63. The van der Waals surface area contributed by atoms with Crippen molar-refractivity contribution < 1.29 is 14.1 Å². The molecule has 1 aliphatic heterocycles. The molecular weight excluding hydrogens is 362 g/mol. The zero-order valence-corrected chi connectivity index (χ0v) is 15.9. The molecule has 0 saturated carbocycles. The number of amides is 1. The Labute approximate surface area is 161 Å². The Morgan fingerprint density at radius 1 is 1.41 bits per heavy atom. The van der Waals surface area contributed by atoms with Gasteiger partial charge in [-0.2, -0.15) is 16.3 Å². The van der Waals surface area contributed by atoms with Gasteiger partial charge in [0.2, 0.25) is 5.89 Å². The Hall–Kier alpha value is -2.67. The van der Waals surface area contributed by atoms with Crippen LogP contribution in [0, 0.1) is 6.92 Å². The van der Waals surface area contributed by atoms with E-state index in [0.29, 0.717) is 31.3 Å². The van der Waals surface area contributed by atoms with Crippen LogP contribution in [0.4, 0.5) is 0 Å². The highest BCUT2D eigenvalue weighted by Crippen LogP contribution is 2.32. The maximum absolute atomic E-state index is 12.7. The summed E-state index contributed by atoms with van der Waals surface area (Å²) in [5, 5.41) is 7.85. The maximum atomic E-state index is 12.7. The van der Waals surface area contributed by atoms with Gasteiger partial charge in [0, 0.05) is 18.3 Å². The molecule has 3 heterocycles. The van der Waals surface area contributed by atoms with Gasteiger partial charge in [-0.3, -0.25) is 4.79 Å². The number of likely N-dealkylation sites (tertiary alicyclic amines) is 1. The zero-order valence-electron chi connectivity index (χ0n) is 15.1. The number of benzene rings is 1. The Morgan fingerprint density at radius 3 is 3.15 bits per heavy atom. The van der Waals surface area contributed by atoms with Crippen LogP contribution in [0.3, 0.4) is 0 Å². The van der Waals surface area contributed by atoms with E-state index in [1.54, 1.807) is 0 Å². The van der Waals surface area contributed by atoms with E-state index in [1.165, 1.54) is 11.3 Å². The van der Waals surface area contributed by atoms with Crippen molar-refractivity contribution >= 4 is 17.2 Å². The Morgan fingerprint density at radius 2 is 2.33 bits per heavy atom. The summed E-state index contributed by atoms with van der Waals surface area (Å²) < 4.78 is 11.2. The molecule has 1 aromatic carbocycles. The molecule has 27 heavy (non-hydrogen) atoms. The van der Waals surface area contributed by atoms with E-state index in [0.717, 1.165) is 29.7 Å². The van der Waals surface area contributed by atoms with Crippen molar-refractivity contribution in [2.75, 3.05) is 13.2 Å². The van der Waals surface area contributed by atoms with Gasteiger partial charge in [0.1, 0.15) is 11.8 Å². The van der Waals surface area contributed by atoms with Gasteiger partial charge in [0.15, 0.2) is 5.82 Å². The second-order valence-corrected chi connectivity index (χ2v) is 7.41. The molecule has 3 aromatic rings. The summed E-state index contributed by atoms with van der Waals surface area (Å²) in [5.41, 5.74) is 1.88. The van der Waals surface area contributed by atoms with E-state index in [9.17, 15) is 4.79 Å². The van der Waals surface area contributed by atoms with Gasteiger partial charge in [-0.1, -0.05) is 17.3 Å². The summed E-state index contributed by atoms with van der Waals surface area (Å²) in [7, 11) is 0. The maximum Gasteiger partial charge on any atom is 0.255 e. The second-order valence-electron chi connectivity index (χ2n) is 6.63. The zero-order chi connectivity index (χ0) is 18.6. The van der Waals surface area contributed by atoms with Crippen molar-refractivity contribution in [2.24, 2.45) is 0 Å². The normalized spacial score (nSPS) is 16.6. The Balaban J connectivity index is 1.37. The number of carbonyl (C=O) groups excluding carboxylic acids is 1. The first kappa shape index (κ1) is 17.7. The minimum atomic E-state index is -0.142. The van der Waals surface area contributed by atoms with Gasteiger partial charge >= 0.3 is 0 Å². The number of rotatable bonds is 6. The SMILES string of the molecule is Cc1cccc(OCCc2noc(C3CCCN3C(=O)c3ccsc3)n2)c1. The topological polar surface area (TPSA) is 68.5 Å². The fourth-order valence-electron chi connectivity index (χ4n) is 3.29. The smallest absolute Gasteiger partial charge is 0.255 e. The van der Waals surface area contributed by atoms with Crippen LogP contribution in [-0.2, 0) is 6.42 Å². The number of thiophene rings is 1. The number of aromatic nitrogens is 2. The number of nitrogens with zero attached hydrogens (tertiary/aromatic N) is 3. The van der Waals surface area contributed by atoms with Crippen LogP contribution < -0.4 is 4.74 Å². The molecule has 6 nitrogen and oxygen atoms in total. The predicted octanol–water partition coefficient (Wildman–Crippen LogP) is 4.04. The van der Waals surface area contributed by atoms with E-state index in [2.05, 4.69) is 10.1 Å². The molecule has 1 amide bonds. The largest absolute Gasteiger partial charge is 0.493 e. The summed E-state index contributed by atoms with van der Waals surface area (Å²) >= 11 is 1.52. The van der Waals surface area contributed by atoms with E-state index < -0.39 is 0 Å². The van der Waals surface area contributed by atoms with Crippen molar-refractivity contribution in [1.82, 2.24) is 15.0 Å². The molecule has 1 saturated heterocycles. The van der Waals surface area contributed by atoms with Crippen LogP contribution in [0.1, 0.15) is 46.5 Å². The van der Waals surface area contributed by atoms with E-state index >= 15 is 0 Å². The highest BCUT2D eigenvalue weighted by molar-refractivity contribution is 7.08. The van der Waals surface area contributed by atoms with Crippen molar-refractivity contribution in [3.05, 3.63) is 63.9 Å². The first-order chi connectivity index (χ1) is 13.2. The molecule has 1 aliphatic rings. The third kappa shape index (κ3) is 4.03. The number of carbonyl (C=O) groups is 1. The number of aryl methyl sites for hydroxylation is 1. The van der Waals surface area contributed by atoms with Crippen LogP contribution in [-0.4, -0.2) is 34.1 Å². The quantitative estimate of drug-likeness (QED) is 0.643. The van der Waals surface area contributed by atoms with Crippen molar-refractivity contribution in [1.29, 1.82) is 0 Å². The molecule has 1 unspecified atom stereocenters. The summed E-state index contributed by atoms with van der Waals surface area (Å²) in [6, 6.07) is 9.63. The van der Waals surface area contributed by atoms with Crippen LogP contribution in [0.5, 0.6) is 5.75 Å². The average molecular weight is 383 g/mol. The lowest BCUT2D eigenvalue weighted by atomic mass is 10.2. The molecule has 1 atom stereocenters. The summed E-state index contributed by atoms with van der Waals surface area (Å²) in [6.45, 7) is 3.22. The summed E-state index contributed by atoms with van der Waals surface area (Å²) in [5.74, 6) is 1.98. The Kier molecular flexibility index (Phi) is 5.20. The first-order valence-electron chi connectivity index (χ1n) is 9.06. The molecule has 0 bridgehead atoms. The Bertz CT molecular complexity index is 907. The molecular formula is C20H21N3O3S. The van der Waals surface area contributed by atoms with Gasteiger partial charge in [-0.05, 0) is 48.9 Å². The molecule has 2 aromatic heterocycles. The molecule has 7 heteroatoms. The number of ether oxygens (including phenoxy) is 1. The molecule has 4 rings (SSSR count). The van der Waals surface area contributed by atoms with Crippen molar-refractivity contribution in [3.8, 4) is 5.75 Å². The van der Waals surface area contributed by atoms with Gasteiger partial charge in [-0.15, -0.1) is 0 Å². The van der Waals surface area contributed by atoms with Crippen LogP contribution in [0.25, 0.3) is 0 Å². The highest BCUT2D eigenvalue weighted by Gasteiger charge is 2.34. The fraction of sp³-hybridized carbons (Fsp3) is 0.350. The van der Waals surface area contributed by atoms with Gasteiger partial charge in [-0.25, -0.2) is 0 Å². The van der Waals surface area contributed by atoms with E-state index in [4.69, 9.17) is 9.26 Å². The van der Waals surface area contributed by atoms with Crippen molar-refractivity contribution in [3.63, 3.8) is 0 Å². The summed E-state index contributed by atoms with van der Waals surface area (Å²) in [6.07, 6.45) is 2.34. The number of hydrogen-bond acceptors (Lipinski definition) is 6. The minimum absolute atomic E-state index is 0.0290. The van der Waals surface area contributed by atoms with Crippen LogP contribution in [0.2, 0.25) is 0 Å². The van der Waals surface area contributed by atoms with Crippen LogP contribution >= 0.6 is 11.3 Å². The van der Waals surface area contributed by atoms with Gasteiger partial charge in [0.25, 0.3) is 5.91 Å². The lowest BCUT2D eigenvalue weighted by Crippen LogP contribution is -2.30. The second kappa shape index (κ2) is 7.92. The van der Waals surface area contributed by atoms with E-state index in [1.807, 2.05) is 52.9 Å². The molecule has 0 N–H and O–H groups in total. The molecule has 0 aliphatic carbocycles. The first-order valence-corrected chi connectivity index (χ1v) is 10.00. The molecule has 0 radical (unpaired) electrons. The lowest BCUT2D eigenvalue weighted by Gasteiger charge is -2.21. The van der Waals surface area contributed by atoms with Crippen LogP contribution in [0.15, 0.2) is 45.6 Å². The number of hydrogen-bond donors (Lipinski definition) is 0. The van der Waals surface area contributed by atoms with Crippen molar-refractivity contribution in [2.45, 2.75) is 32.2 Å².